The SMILES string of the molecule is CCN1CCCC(Nc2nc(C)ncc2Cl)C1. The zero-order valence-corrected chi connectivity index (χ0v) is 11.2. The van der Waals surface area contributed by atoms with Crippen LogP contribution in [0.5, 0.6) is 0 Å². The number of piperidine rings is 1. The third-order valence-electron chi connectivity index (χ3n) is 3.16. The molecular weight excluding hydrogens is 236 g/mol. The fraction of sp³-hybridized carbons (Fsp3) is 0.667. The first-order valence-electron chi connectivity index (χ1n) is 6.17. The summed E-state index contributed by atoms with van der Waals surface area (Å²) in [7, 11) is 0. The average Bonchev–Trinajstić information content (AvgIpc) is 2.34. The molecule has 1 unspecified atom stereocenters. The number of likely N-dealkylation sites (N-methyl/N-ethyl adjacent to an activating group) is 1. The third-order valence-corrected chi connectivity index (χ3v) is 3.43. The molecule has 2 heterocycles. The highest BCUT2D eigenvalue weighted by molar-refractivity contribution is 6.32. The lowest BCUT2D eigenvalue weighted by atomic mass is 10.1. The number of likely N-dealkylation sites (tertiary alicyclic amines) is 1. The predicted octanol–water partition coefficient (Wildman–Crippen LogP) is 2.33. The molecule has 0 bridgehead atoms. The molecule has 1 N–H and O–H groups in total. The van der Waals surface area contributed by atoms with Crippen LogP contribution >= 0.6 is 11.6 Å². The van der Waals surface area contributed by atoms with Gasteiger partial charge in [-0.15, -0.1) is 0 Å². The first-order valence-corrected chi connectivity index (χ1v) is 6.55. The molecule has 0 amide bonds. The lowest BCUT2D eigenvalue weighted by Gasteiger charge is -2.32. The van der Waals surface area contributed by atoms with Gasteiger partial charge in [0.1, 0.15) is 16.7 Å². The summed E-state index contributed by atoms with van der Waals surface area (Å²) in [5, 5.41) is 4.03. The van der Waals surface area contributed by atoms with Crippen molar-refractivity contribution in [2.45, 2.75) is 32.7 Å². The molecule has 1 aliphatic heterocycles. The Labute approximate surface area is 107 Å². The summed E-state index contributed by atoms with van der Waals surface area (Å²) in [5.41, 5.74) is 0. The molecule has 17 heavy (non-hydrogen) atoms. The fourth-order valence-corrected chi connectivity index (χ4v) is 2.36. The van der Waals surface area contributed by atoms with Crippen LogP contribution in [0.1, 0.15) is 25.6 Å². The predicted molar refractivity (Wildman–Crippen MR) is 70.5 cm³/mol. The number of aromatic nitrogens is 2. The van der Waals surface area contributed by atoms with Crippen LogP contribution in [0.2, 0.25) is 5.02 Å². The van der Waals surface area contributed by atoms with Crippen LogP contribution in [0.15, 0.2) is 6.20 Å². The quantitative estimate of drug-likeness (QED) is 0.899. The van der Waals surface area contributed by atoms with Gasteiger partial charge < -0.3 is 10.2 Å². The van der Waals surface area contributed by atoms with E-state index in [0.29, 0.717) is 11.1 Å². The maximum absolute atomic E-state index is 6.08. The van der Waals surface area contributed by atoms with Crippen molar-refractivity contribution in [3.05, 3.63) is 17.0 Å². The van der Waals surface area contributed by atoms with Gasteiger partial charge in [0.25, 0.3) is 0 Å². The van der Waals surface area contributed by atoms with Crippen molar-refractivity contribution in [1.29, 1.82) is 0 Å². The molecule has 0 radical (unpaired) electrons. The minimum Gasteiger partial charge on any atom is -0.365 e. The van der Waals surface area contributed by atoms with Crippen molar-refractivity contribution < 1.29 is 0 Å². The van der Waals surface area contributed by atoms with Crippen LogP contribution in [0.25, 0.3) is 0 Å². The van der Waals surface area contributed by atoms with E-state index in [1.807, 2.05) is 6.92 Å². The van der Waals surface area contributed by atoms with Gasteiger partial charge >= 0.3 is 0 Å². The molecule has 1 aromatic rings. The maximum atomic E-state index is 6.08. The molecule has 4 nitrogen and oxygen atoms in total. The molecule has 5 heteroatoms. The Bertz CT molecular complexity index is 383. The van der Waals surface area contributed by atoms with Crippen molar-refractivity contribution in [1.82, 2.24) is 14.9 Å². The summed E-state index contributed by atoms with van der Waals surface area (Å²) in [5.74, 6) is 1.52. The van der Waals surface area contributed by atoms with Gasteiger partial charge in [-0.2, -0.15) is 0 Å². The Morgan fingerprint density at radius 2 is 2.41 bits per heavy atom. The second-order valence-electron chi connectivity index (χ2n) is 4.49. The summed E-state index contributed by atoms with van der Waals surface area (Å²) >= 11 is 6.08. The van der Waals surface area contributed by atoms with Crippen LogP contribution in [-0.2, 0) is 0 Å². The average molecular weight is 255 g/mol. The van der Waals surface area contributed by atoms with Gasteiger partial charge in [-0.05, 0) is 32.9 Å². The number of rotatable bonds is 3. The van der Waals surface area contributed by atoms with Gasteiger partial charge in [-0.25, -0.2) is 9.97 Å². The molecule has 1 fully saturated rings. The summed E-state index contributed by atoms with van der Waals surface area (Å²) in [4.78, 5) is 10.9. The van der Waals surface area contributed by atoms with E-state index in [1.165, 1.54) is 19.4 Å². The van der Waals surface area contributed by atoms with Gasteiger partial charge in [0.05, 0.1) is 6.20 Å². The van der Waals surface area contributed by atoms with Gasteiger partial charge in [0, 0.05) is 12.6 Å². The van der Waals surface area contributed by atoms with E-state index in [0.717, 1.165) is 24.7 Å². The minimum atomic E-state index is 0.440. The number of nitrogens with one attached hydrogen (secondary N) is 1. The minimum absolute atomic E-state index is 0.440. The lowest BCUT2D eigenvalue weighted by molar-refractivity contribution is 0.226. The Morgan fingerprint density at radius 3 is 3.18 bits per heavy atom. The van der Waals surface area contributed by atoms with Gasteiger partial charge in [0.2, 0.25) is 0 Å². The normalized spacial score (nSPS) is 21.5. The van der Waals surface area contributed by atoms with E-state index in [4.69, 9.17) is 11.6 Å². The van der Waals surface area contributed by atoms with Crippen molar-refractivity contribution in [2.75, 3.05) is 25.0 Å². The van der Waals surface area contributed by atoms with Gasteiger partial charge in [0.15, 0.2) is 0 Å². The summed E-state index contributed by atoms with van der Waals surface area (Å²) < 4.78 is 0. The third kappa shape index (κ3) is 3.30. The Kier molecular flexibility index (Phi) is 4.18. The van der Waals surface area contributed by atoms with Gasteiger partial charge in [-0.1, -0.05) is 18.5 Å². The molecular formula is C12H19ClN4. The molecule has 2 rings (SSSR count). The molecule has 1 aromatic heterocycles. The Hall–Kier alpha value is -0.870. The largest absolute Gasteiger partial charge is 0.365 e. The Balaban J connectivity index is 2.02. The number of nitrogens with zero attached hydrogens (tertiary/aromatic N) is 3. The topological polar surface area (TPSA) is 41.0 Å². The number of anilines is 1. The monoisotopic (exact) mass is 254 g/mol. The van der Waals surface area contributed by atoms with E-state index in [2.05, 4.69) is 27.1 Å². The summed E-state index contributed by atoms with van der Waals surface area (Å²) in [6.07, 6.45) is 4.07. The molecule has 1 saturated heterocycles. The van der Waals surface area contributed by atoms with E-state index in [-0.39, 0.29) is 0 Å². The van der Waals surface area contributed by atoms with E-state index >= 15 is 0 Å². The molecule has 94 valence electrons. The van der Waals surface area contributed by atoms with Crippen molar-refractivity contribution in [3.63, 3.8) is 0 Å². The second kappa shape index (κ2) is 5.65. The van der Waals surface area contributed by atoms with Crippen molar-refractivity contribution in [2.24, 2.45) is 0 Å². The smallest absolute Gasteiger partial charge is 0.148 e. The lowest BCUT2D eigenvalue weighted by Crippen LogP contribution is -2.42. The molecule has 0 aromatic carbocycles. The fourth-order valence-electron chi connectivity index (χ4n) is 2.21. The molecule has 0 spiro atoms. The van der Waals surface area contributed by atoms with Crippen molar-refractivity contribution >= 4 is 17.4 Å². The second-order valence-corrected chi connectivity index (χ2v) is 4.90. The number of hydrogen-bond donors (Lipinski definition) is 1. The summed E-state index contributed by atoms with van der Waals surface area (Å²) in [6, 6.07) is 0.440. The summed E-state index contributed by atoms with van der Waals surface area (Å²) in [6.45, 7) is 7.45. The van der Waals surface area contributed by atoms with Crippen LogP contribution in [0, 0.1) is 6.92 Å². The molecule has 0 saturated carbocycles. The highest BCUT2D eigenvalue weighted by Crippen LogP contribution is 2.21. The van der Waals surface area contributed by atoms with E-state index in [1.54, 1.807) is 6.20 Å². The van der Waals surface area contributed by atoms with Crippen molar-refractivity contribution in [3.8, 4) is 0 Å². The standard InChI is InChI=1S/C12H19ClN4/c1-3-17-6-4-5-10(8-17)16-12-11(13)7-14-9(2)15-12/h7,10H,3-6,8H2,1-2H3,(H,14,15,16). The first kappa shape index (κ1) is 12.6. The van der Waals surface area contributed by atoms with E-state index in [9.17, 15) is 0 Å². The Morgan fingerprint density at radius 1 is 1.59 bits per heavy atom. The number of hydrogen-bond acceptors (Lipinski definition) is 4. The maximum Gasteiger partial charge on any atom is 0.148 e. The zero-order chi connectivity index (χ0) is 12.3. The molecule has 1 atom stereocenters. The zero-order valence-electron chi connectivity index (χ0n) is 10.4. The van der Waals surface area contributed by atoms with Crippen LogP contribution < -0.4 is 5.32 Å². The highest BCUT2D eigenvalue weighted by atomic mass is 35.5. The van der Waals surface area contributed by atoms with Crippen LogP contribution in [0.3, 0.4) is 0 Å². The number of halogens is 1. The molecule has 0 aliphatic carbocycles. The van der Waals surface area contributed by atoms with E-state index < -0.39 is 0 Å². The highest BCUT2D eigenvalue weighted by Gasteiger charge is 2.19. The number of aryl methyl sites for hydroxylation is 1. The first-order chi connectivity index (χ1) is 8.19. The molecule has 1 aliphatic rings. The van der Waals surface area contributed by atoms with Crippen LogP contribution in [-0.4, -0.2) is 40.5 Å². The van der Waals surface area contributed by atoms with Crippen LogP contribution in [0.4, 0.5) is 5.82 Å². The van der Waals surface area contributed by atoms with Gasteiger partial charge in [-0.3, -0.25) is 0 Å².